The van der Waals surface area contributed by atoms with Crippen molar-refractivity contribution >= 4 is 114 Å². The van der Waals surface area contributed by atoms with Crippen LogP contribution in [0.1, 0.15) is 0 Å². The second kappa shape index (κ2) is 12.7. The van der Waals surface area contributed by atoms with E-state index in [0.717, 1.165) is 0 Å². The van der Waals surface area contributed by atoms with E-state index in [0.29, 0.717) is 24.3 Å². The van der Waals surface area contributed by atoms with Crippen LogP contribution in [0.5, 0.6) is 28.7 Å². The minimum Gasteiger partial charge on any atom is -0.451 e. The van der Waals surface area contributed by atoms with E-state index in [-0.39, 0.29) is 57.5 Å². The third kappa shape index (κ3) is 11.1. The second-order valence-corrected chi connectivity index (χ2v) is 12.2. The van der Waals surface area contributed by atoms with E-state index in [1.807, 2.05) is 0 Å². The van der Waals surface area contributed by atoms with Crippen LogP contribution >= 0.6 is 0 Å². The van der Waals surface area contributed by atoms with Crippen LogP contribution in [0.2, 0.25) is 0 Å². The predicted octanol–water partition coefficient (Wildman–Crippen LogP) is -1.01. The maximum absolute atomic E-state index is 13.3. The molecule has 0 atom stereocenters. The van der Waals surface area contributed by atoms with Crippen LogP contribution in [0.15, 0.2) is 39.5 Å². The summed E-state index contributed by atoms with van der Waals surface area (Å²) in [4.78, 5) is 13.3. The third-order valence-corrected chi connectivity index (χ3v) is 6.03. The standard InChI is InChI=1S/C15H10O22S5.K/c16-13-12-10(4-7(34-39(20,21)22)5-11(12)36-41(26,27)28)32-14(15(13)37-42(29,30)31)8-2-1-6(33-38(17,18)19)3-9(8)35-40(23,24)25;/h1-5H,(H,17,18,19)(H,20,21,22)(H,23,24,25)(H,26,27,28)(H,29,30,31);. The zero-order valence-electron chi connectivity index (χ0n) is 20.1. The first-order valence-corrected chi connectivity index (χ1v) is 16.3. The molecule has 0 amide bonds. The summed E-state index contributed by atoms with van der Waals surface area (Å²) in [5.74, 6) is -7.61. The summed E-state index contributed by atoms with van der Waals surface area (Å²) >= 11 is 0. The van der Waals surface area contributed by atoms with Gasteiger partial charge in [-0.05, 0) is 12.1 Å². The Labute approximate surface area is 282 Å². The van der Waals surface area contributed by atoms with Crippen LogP contribution in [-0.4, -0.2) is 116 Å². The number of hydrogen-bond acceptors (Lipinski definition) is 17. The summed E-state index contributed by atoms with van der Waals surface area (Å²) in [5.41, 5.74) is -3.85. The van der Waals surface area contributed by atoms with Gasteiger partial charge in [0.2, 0.25) is 11.2 Å². The molecule has 22 nitrogen and oxygen atoms in total. The summed E-state index contributed by atoms with van der Waals surface area (Å²) in [7, 11) is -27.5. The molecule has 1 radical (unpaired) electrons. The van der Waals surface area contributed by atoms with E-state index in [1.165, 1.54) is 0 Å². The molecule has 0 unspecified atom stereocenters. The molecule has 0 fully saturated rings. The van der Waals surface area contributed by atoms with Crippen molar-refractivity contribution in [2.45, 2.75) is 0 Å². The Hall–Kier alpha value is -2.16. The third-order valence-electron chi connectivity index (χ3n) is 4.07. The fourth-order valence-electron chi connectivity index (χ4n) is 3.00. The van der Waals surface area contributed by atoms with Crippen molar-refractivity contribution in [3.8, 4) is 40.1 Å². The van der Waals surface area contributed by atoms with Gasteiger partial charge in [-0.3, -0.25) is 27.6 Å². The molecule has 28 heteroatoms. The summed E-state index contributed by atoms with van der Waals surface area (Å²) < 4.78 is 184. The van der Waals surface area contributed by atoms with E-state index >= 15 is 0 Å². The molecule has 0 spiro atoms. The van der Waals surface area contributed by atoms with Gasteiger partial charge < -0.3 is 25.3 Å². The van der Waals surface area contributed by atoms with E-state index in [9.17, 15) is 51.4 Å². The predicted molar refractivity (Wildman–Crippen MR) is 135 cm³/mol. The van der Waals surface area contributed by atoms with E-state index in [2.05, 4.69) is 20.9 Å². The summed E-state index contributed by atoms with van der Waals surface area (Å²) in [6, 6.07) is 2.11. The largest absolute Gasteiger partial charge is 0.451 e. The second-order valence-electron chi connectivity index (χ2n) is 7.10. The molecule has 2 aromatic carbocycles. The van der Waals surface area contributed by atoms with Crippen molar-refractivity contribution < 1.29 is 90.2 Å². The fourth-order valence-corrected chi connectivity index (χ4v) is 4.77. The van der Waals surface area contributed by atoms with Gasteiger partial charge in [-0.2, -0.15) is 42.1 Å². The Morgan fingerprint density at radius 1 is 0.558 bits per heavy atom. The monoisotopic (exact) mass is 741 g/mol. The molecule has 0 aliphatic carbocycles. The molecular weight excluding hydrogens is 732 g/mol. The Morgan fingerprint density at radius 3 is 1.49 bits per heavy atom. The van der Waals surface area contributed by atoms with Crippen molar-refractivity contribution in [2.75, 3.05) is 0 Å². The average Bonchev–Trinajstić information content (AvgIpc) is 2.70. The van der Waals surface area contributed by atoms with Gasteiger partial charge in [-0.25, -0.2) is 0 Å². The number of benzene rings is 2. The molecule has 5 N–H and O–H groups in total. The van der Waals surface area contributed by atoms with Crippen molar-refractivity contribution in [3.05, 3.63) is 40.6 Å². The minimum absolute atomic E-state index is 0. The molecule has 3 aromatic rings. The minimum atomic E-state index is -5.71. The fraction of sp³-hybridized carbons (Fsp3) is 0. The van der Waals surface area contributed by atoms with Gasteiger partial charge in [-0.1, -0.05) is 0 Å². The maximum Gasteiger partial charge on any atom is 0.446 e. The topological polar surface area (TPSA) is 348 Å². The van der Waals surface area contributed by atoms with Crippen molar-refractivity contribution in [2.24, 2.45) is 0 Å². The normalized spacial score (nSPS) is 12.7. The SMILES string of the molecule is O=c1c(OS(=O)(=O)O)c(-c2ccc(OS(=O)(=O)O)cc2OS(=O)(=O)O)oc2cc(OS(=O)(=O)O)cc(OS(=O)(=O)O)c12.[K]. The van der Waals surface area contributed by atoms with Gasteiger partial charge in [-0.15, -0.1) is 0 Å². The molecule has 0 aliphatic heterocycles. The van der Waals surface area contributed by atoms with Gasteiger partial charge in [0.25, 0.3) is 0 Å². The molecule has 43 heavy (non-hydrogen) atoms. The van der Waals surface area contributed by atoms with E-state index in [4.69, 9.17) is 22.6 Å². The van der Waals surface area contributed by atoms with E-state index < -0.39 is 108 Å². The number of hydrogen-bond donors (Lipinski definition) is 5. The molecule has 0 saturated carbocycles. The summed E-state index contributed by atoms with van der Waals surface area (Å²) in [6.07, 6.45) is 0. The molecule has 3 rings (SSSR count). The van der Waals surface area contributed by atoms with Crippen LogP contribution < -0.4 is 26.3 Å². The van der Waals surface area contributed by atoms with E-state index in [1.54, 1.807) is 0 Å². The van der Waals surface area contributed by atoms with Gasteiger partial charge in [0.15, 0.2) is 23.0 Å². The van der Waals surface area contributed by atoms with Gasteiger partial charge in [0, 0.05) is 69.6 Å². The first-order valence-electron chi connectivity index (χ1n) is 9.44. The Balaban J connectivity index is 0.00000645. The molecule has 0 aliphatic rings. The van der Waals surface area contributed by atoms with Crippen LogP contribution in [0.25, 0.3) is 22.3 Å². The van der Waals surface area contributed by atoms with Crippen LogP contribution in [0.3, 0.4) is 0 Å². The Bertz CT molecular complexity index is 2200. The smallest absolute Gasteiger partial charge is 0.446 e. The molecule has 233 valence electrons. The van der Waals surface area contributed by atoms with Crippen molar-refractivity contribution in [1.29, 1.82) is 0 Å². The average molecular weight is 742 g/mol. The molecule has 1 heterocycles. The molecule has 0 saturated heterocycles. The molecular formula is C15H10KO22S5. The quantitative estimate of drug-likeness (QED) is 0.116. The molecule has 0 bridgehead atoms. The van der Waals surface area contributed by atoms with Crippen LogP contribution in [-0.2, 0) is 52.0 Å². The first-order chi connectivity index (χ1) is 18.8. The Morgan fingerprint density at radius 2 is 1.00 bits per heavy atom. The van der Waals surface area contributed by atoms with Crippen LogP contribution in [0, 0.1) is 0 Å². The molecule has 1 aromatic heterocycles. The first kappa shape index (κ1) is 37.0. The van der Waals surface area contributed by atoms with Gasteiger partial charge in [0.05, 0.1) is 5.56 Å². The zero-order chi connectivity index (χ0) is 32.1. The van der Waals surface area contributed by atoms with Crippen molar-refractivity contribution in [1.82, 2.24) is 0 Å². The Kier molecular flexibility index (Phi) is 10.9. The number of rotatable bonds is 11. The number of fused-ring (bicyclic) bond motifs is 1. The van der Waals surface area contributed by atoms with Gasteiger partial charge >= 0.3 is 52.0 Å². The zero-order valence-corrected chi connectivity index (χ0v) is 27.3. The summed E-state index contributed by atoms with van der Waals surface area (Å²) in [6.45, 7) is 0. The van der Waals surface area contributed by atoms with Crippen molar-refractivity contribution in [3.63, 3.8) is 0 Å². The van der Waals surface area contributed by atoms with Gasteiger partial charge in [0.1, 0.15) is 16.7 Å². The summed E-state index contributed by atoms with van der Waals surface area (Å²) in [5, 5.41) is -1.19. The van der Waals surface area contributed by atoms with Crippen LogP contribution in [0.4, 0.5) is 0 Å². The maximum atomic E-state index is 13.3.